The molecular weight excluding hydrogens is 194 g/mol. The highest BCUT2D eigenvalue weighted by molar-refractivity contribution is 5.71. The van der Waals surface area contributed by atoms with Crippen molar-refractivity contribution in [3.63, 3.8) is 0 Å². The fraction of sp³-hybridized carbons (Fsp3) is 0.909. The van der Waals surface area contributed by atoms with Crippen LogP contribution in [0, 0.1) is 11.8 Å². The fourth-order valence-electron chi connectivity index (χ4n) is 2.03. The van der Waals surface area contributed by atoms with Crippen LogP contribution in [-0.2, 0) is 9.53 Å². The number of aliphatic hydroxyl groups is 1. The molecule has 1 saturated carbocycles. The molecule has 4 heteroatoms. The second kappa shape index (κ2) is 6.08. The number of nitrogens with one attached hydrogen (secondary N) is 1. The Labute approximate surface area is 91.0 Å². The van der Waals surface area contributed by atoms with Crippen LogP contribution in [0.3, 0.4) is 0 Å². The van der Waals surface area contributed by atoms with Crippen molar-refractivity contribution in [1.29, 1.82) is 0 Å². The predicted octanol–water partition coefficient (Wildman–Crippen LogP) is 0.546. The van der Waals surface area contributed by atoms with E-state index < -0.39 is 0 Å². The molecule has 0 aromatic heterocycles. The number of hydrogen-bond donors (Lipinski definition) is 2. The Morgan fingerprint density at radius 1 is 1.60 bits per heavy atom. The van der Waals surface area contributed by atoms with E-state index >= 15 is 0 Å². The molecule has 3 atom stereocenters. The van der Waals surface area contributed by atoms with Gasteiger partial charge in [0.25, 0.3) is 0 Å². The number of ether oxygens (including phenoxy) is 1. The molecule has 0 aromatic rings. The number of methoxy groups -OCH3 is 1. The van der Waals surface area contributed by atoms with E-state index in [-0.39, 0.29) is 18.0 Å². The quantitative estimate of drug-likeness (QED) is 0.657. The first-order valence-electron chi connectivity index (χ1n) is 5.61. The van der Waals surface area contributed by atoms with Gasteiger partial charge in [0, 0.05) is 13.1 Å². The molecule has 0 amide bonds. The summed E-state index contributed by atoms with van der Waals surface area (Å²) in [6.07, 6.45) is 2.95. The fourth-order valence-corrected chi connectivity index (χ4v) is 2.03. The second-order valence-electron chi connectivity index (χ2n) is 4.34. The minimum atomic E-state index is -0.186. The minimum Gasteiger partial charge on any atom is -0.469 e. The minimum absolute atomic E-state index is 0.117. The monoisotopic (exact) mass is 215 g/mol. The summed E-state index contributed by atoms with van der Waals surface area (Å²) in [7, 11) is 1.40. The molecule has 2 N–H and O–H groups in total. The van der Waals surface area contributed by atoms with Crippen LogP contribution in [0.4, 0.5) is 0 Å². The number of hydrogen-bond acceptors (Lipinski definition) is 4. The molecule has 1 fully saturated rings. The summed E-state index contributed by atoms with van der Waals surface area (Å²) in [5.74, 6) is 0.0536. The smallest absolute Gasteiger partial charge is 0.309 e. The highest BCUT2D eigenvalue weighted by Gasteiger charge is 2.24. The number of esters is 1. The second-order valence-corrected chi connectivity index (χ2v) is 4.34. The maximum Gasteiger partial charge on any atom is 0.309 e. The van der Waals surface area contributed by atoms with Crippen molar-refractivity contribution in [2.75, 3.05) is 20.2 Å². The highest BCUT2D eigenvalue weighted by Crippen LogP contribution is 2.24. The lowest BCUT2D eigenvalue weighted by Gasteiger charge is -2.16. The first kappa shape index (κ1) is 12.5. The third kappa shape index (κ3) is 3.80. The zero-order valence-electron chi connectivity index (χ0n) is 9.53. The molecule has 88 valence electrons. The van der Waals surface area contributed by atoms with Crippen LogP contribution >= 0.6 is 0 Å². The van der Waals surface area contributed by atoms with Gasteiger partial charge in [0.15, 0.2) is 0 Å². The summed E-state index contributed by atoms with van der Waals surface area (Å²) in [6, 6.07) is 0. The van der Waals surface area contributed by atoms with E-state index in [0.29, 0.717) is 12.5 Å². The third-order valence-corrected chi connectivity index (χ3v) is 3.08. The lowest BCUT2D eigenvalue weighted by molar-refractivity contribution is -0.144. The first-order chi connectivity index (χ1) is 7.15. The molecule has 3 unspecified atom stereocenters. The Morgan fingerprint density at radius 2 is 2.33 bits per heavy atom. The Morgan fingerprint density at radius 3 is 2.87 bits per heavy atom. The van der Waals surface area contributed by atoms with Gasteiger partial charge in [-0.25, -0.2) is 0 Å². The average molecular weight is 215 g/mol. The van der Waals surface area contributed by atoms with Crippen molar-refractivity contribution in [2.45, 2.75) is 32.3 Å². The molecule has 0 aliphatic heterocycles. The van der Waals surface area contributed by atoms with Gasteiger partial charge in [-0.2, -0.15) is 0 Å². The van der Waals surface area contributed by atoms with E-state index in [4.69, 9.17) is 0 Å². The van der Waals surface area contributed by atoms with Crippen LogP contribution in [0.1, 0.15) is 26.2 Å². The molecule has 0 spiro atoms. The van der Waals surface area contributed by atoms with Crippen molar-refractivity contribution in [1.82, 2.24) is 5.32 Å². The molecule has 1 rings (SSSR count). The molecule has 0 heterocycles. The van der Waals surface area contributed by atoms with Gasteiger partial charge < -0.3 is 15.2 Å². The molecule has 0 radical (unpaired) electrons. The molecular formula is C11H21NO3. The van der Waals surface area contributed by atoms with Crippen molar-refractivity contribution < 1.29 is 14.6 Å². The van der Waals surface area contributed by atoms with Gasteiger partial charge in [-0.1, -0.05) is 13.3 Å². The number of rotatable bonds is 5. The highest BCUT2D eigenvalue weighted by atomic mass is 16.5. The van der Waals surface area contributed by atoms with Crippen LogP contribution in [-0.4, -0.2) is 37.4 Å². The predicted molar refractivity (Wildman–Crippen MR) is 57.4 cm³/mol. The Bertz CT molecular complexity index is 208. The Balaban J connectivity index is 2.13. The standard InChI is InChI=1S/C11H21NO3/c1-8(11(14)15-2)6-12-7-9-4-3-5-10(9)13/h8-10,12-13H,3-7H2,1-2H3. The van der Waals surface area contributed by atoms with Crippen LogP contribution in [0.2, 0.25) is 0 Å². The molecule has 1 aliphatic rings. The van der Waals surface area contributed by atoms with Crippen molar-refractivity contribution >= 4 is 5.97 Å². The van der Waals surface area contributed by atoms with Crippen molar-refractivity contribution in [3.8, 4) is 0 Å². The molecule has 4 nitrogen and oxygen atoms in total. The van der Waals surface area contributed by atoms with Gasteiger partial charge in [-0.3, -0.25) is 4.79 Å². The molecule has 0 aromatic carbocycles. The van der Waals surface area contributed by atoms with E-state index in [2.05, 4.69) is 10.1 Å². The summed E-state index contributed by atoms with van der Waals surface area (Å²) in [5, 5.41) is 12.8. The van der Waals surface area contributed by atoms with E-state index in [1.54, 1.807) is 0 Å². The van der Waals surface area contributed by atoms with Gasteiger partial charge in [0.1, 0.15) is 0 Å². The van der Waals surface area contributed by atoms with E-state index in [1.807, 2.05) is 6.92 Å². The lowest BCUT2D eigenvalue weighted by Crippen LogP contribution is -2.33. The summed E-state index contributed by atoms with van der Waals surface area (Å²) in [6.45, 7) is 3.25. The maximum absolute atomic E-state index is 11.1. The van der Waals surface area contributed by atoms with Gasteiger partial charge in [0.2, 0.25) is 0 Å². The summed E-state index contributed by atoms with van der Waals surface area (Å²) >= 11 is 0. The lowest BCUT2D eigenvalue weighted by atomic mass is 10.1. The summed E-state index contributed by atoms with van der Waals surface area (Å²) < 4.78 is 4.63. The number of aliphatic hydroxyl groups excluding tert-OH is 1. The summed E-state index contributed by atoms with van der Waals surface area (Å²) in [4.78, 5) is 11.1. The van der Waals surface area contributed by atoms with Crippen LogP contribution < -0.4 is 5.32 Å². The maximum atomic E-state index is 11.1. The normalized spacial score (nSPS) is 27.7. The van der Waals surface area contributed by atoms with Crippen LogP contribution in [0.25, 0.3) is 0 Å². The zero-order chi connectivity index (χ0) is 11.3. The third-order valence-electron chi connectivity index (χ3n) is 3.08. The van der Waals surface area contributed by atoms with E-state index in [0.717, 1.165) is 25.8 Å². The number of carbonyl (C=O) groups excluding carboxylic acids is 1. The molecule has 1 aliphatic carbocycles. The van der Waals surface area contributed by atoms with Crippen LogP contribution in [0.15, 0.2) is 0 Å². The molecule has 0 bridgehead atoms. The largest absolute Gasteiger partial charge is 0.469 e. The zero-order valence-corrected chi connectivity index (χ0v) is 9.53. The van der Waals surface area contributed by atoms with Crippen LogP contribution in [0.5, 0.6) is 0 Å². The van der Waals surface area contributed by atoms with E-state index in [9.17, 15) is 9.90 Å². The van der Waals surface area contributed by atoms with Gasteiger partial charge >= 0.3 is 5.97 Å². The van der Waals surface area contributed by atoms with E-state index in [1.165, 1.54) is 7.11 Å². The Hall–Kier alpha value is -0.610. The topological polar surface area (TPSA) is 58.6 Å². The average Bonchev–Trinajstić information content (AvgIpc) is 2.63. The summed E-state index contributed by atoms with van der Waals surface area (Å²) in [5.41, 5.74) is 0. The van der Waals surface area contributed by atoms with Crippen molar-refractivity contribution in [3.05, 3.63) is 0 Å². The van der Waals surface area contributed by atoms with Gasteiger partial charge in [-0.05, 0) is 18.8 Å². The molecule has 15 heavy (non-hydrogen) atoms. The van der Waals surface area contributed by atoms with Gasteiger partial charge in [0.05, 0.1) is 19.1 Å². The Kier molecular flexibility index (Phi) is 5.05. The SMILES string of the molecule is COC(=O)C(C)CNCC1CCCC1O. The van der Waals surface area contributed by atoms with Gasteiger partial charge in [-0.15, -0.1) is 0 Å². The molecule has 0 saturated heterocycles. The first-order valence-corrected chi connectivity index (χ1v) is 5.61. The van der Waals surface area contributed by atoms with Crippen molar-refractivity contribution in [2.24, 2.45) is 11.8 Å². The number of carbonyl (C=O) groups is 1.